The number of carbonyl (C=O) groups excluding carboxylic acids is 2. The molecule has 1 atom stereocenters. The minimum atomic E-state index is -3.58. The van der Waals surface area contributed by atoms with Crippen LogP contribution in [0.25, 0.3) is 0 Å². The molecule has 35 heavy (non-hydrogen) atoms. The summed E-state index contributed by atoms with van der Waals surface area (Å²) in [5.41, 5.74) is 1.27. The number of ether oxygens (including phenoxy) is 1. The summed E-state index contributed by atoms with van der Waals surface area (Å²) in [6.45, 7) is 4.48. The zero-order valence-corrected chi connectivity index (χ0v) is 22.2. The molecule has 0 bridgehead atoms. The molecule has 2 rings (SSSR count). The summed E-state index contributed by atoms with van der Waals surface area (Å²) in [7, 11) is -2.01. The highest BCUT2D eigenvalue weighted by molar-refractivity contribution is 7.92. The van der Waals surface area contributed by atoms with Gasteiger partial charge in [0.15, 0.2) is 0 Å². The Labute approximate surface area is 213 Å². The number of amides is 2. The molecule has 1 N–H and O–H groups in total. The zero-order valence-electron chi connectivity index (χ0n) is 20.7. The Bertz CT molecular complexity index is 1110. The maximum atomic E-state index is 13.4. The van der Waals surface area contributed by atoms with Crippen molar-refractivity contribution < 1.29 is 22.7 Å². The molecule has 10 heteroatoms. The molecule has 192 valence electrons. The van der Waals surface area contributed by atoms with Crippen molar-refractivity contribution in [3.8, 4) is 5.75 Å². The normalized spacial score (nSPS) is 12.0. The number of hydrogen-bond acceptors (Lipinski definition) is 5. The molecule has 0 radical (unpaired) electrons. The van der Waals surface area contributed by atoms with Crippen molar-refractivity contribution in [2.24, 2.45) is 0 Å². The van der Waals surface area contributed by atoms with Crippen LogP contribution >= 0.6 is 11.6 Å². The van der Waals surface area contributed by atoms with Crippen molar-refractivity contribution in [2.45, 2.75) is 45.7 Å². The molecular weight excluding hydrogens is 490 g/mol. The van der Waals surface area contributed by atoms with Crippen LogP contribution in [0.2, 0.25) is 5.02 Å². The fourth-order valence-electron chi connectivity index (χ4n) is 3.81. The molecule has 1 unspecified atom stereocenters. The highest BCUT2D eigenvalue weighted by atomic mass is 35.5. The van der Waals surface area contributed by atoms with Crippen LogP contribution in [0.4, 0.5) is 5.69 Å². The smallest absolute Gasteiger partial charge is 0.242 e. The monoisotopic (exact) mass is 523 g/mol. The highest BCUT2D eigenvalue weighted by Gasteiger charge is 2.28. The highest BCUT2D eigenvalue weighted by Crippen LogP contribution is 2.23. The van der Waals surface area contributed by atoms with Gasteiger partial charge in [-0.2, -0.15) is 0 Å². The molecule has 0 saturated carbocycles. The van der Waals surface area contributed by atoms with Crippen molar-refractivity contribution in [2.75, 3.05) is 30.8 Å². The second kappa shape index (κ2) is 13.3. The van der Waals surface area contributed by atoms with Crippen LogP contribution in [0.1, 0.15) is 38.7 Å². The molecule has 0 fully saturated rings. The Kier molecular flexibility index (Phi) is 10.9. The van der Waals surface area contributed by atoms with Gasteiger partial charge in [0.2, 0.25) is 21.8 Å². The van der Waals surface area contributed by atoms with E-state index in [0.717, 1.165) is 11.8 Å². The van der Waals surface area contributed by atoms with Gasteiger partial charge in [0.25, 0.3) is 0 Å². The molecule has 0 heterocycles. The Balaban J connectivity index is 2.22. The maximum Gasteiger partial charge on any atom is 0.242 e. The summed E-state index contributed by atoms with van der Waals surface area (Å²) in [5.74, 6) is 0.208. The fourth-order valence-corrected chi connectivity index (χ4v) is 4.96. The molecule has 0 spiro atoms. The Morgan fingerprint density at radius 2 is 1.83 bits per heavy atom. The molecule has 2 amide bonds. The molecule has 8 nitrogen and oxygen atoms in total. The SMILES string of the molecule is CCNC(=O)C(CC)N(Cc1cccc(OC)c1)C(=O)CCCN(c1cccc(Cl)c1)S(C)(=O)=O. The first-order valence-corrected chi connectivity index (χ1v) is 13.8. The van der Waals surface area contributed by atoms with Crippen molar-refractivity contribution >= 4 is 39.1 Å². The Morgan fingerprint density at radius 3 is 2.43 bits per heavy atom. The number of methoxy groups -OCH3 is 1. The van der Waals surface area contributed by atoms with Crippen LogP contribution in [-0.2, 0) is 26.2 Å². The third-order valence-corrected chi connectivity index (χ3v) is 6.90. The average molecular weight is 524 g/mol. The van der Waals surface area contributed by atoms with E-state index in [0.29, 0.717) is 29.4 Å². The Hall–Kier alpha value is -2.78. The van der Waals surface area contributed by atoms with Gasteiger partial charge in [-0.05, 0) is 55.7 Å². The van der Waals surface area contributed by atoms with E-state index >= 15 is 0 Å². The summed E-state index contributed by atoms with van der Waals surface area (Å²) in [6.07, 6.45) is 1.91. The maximum absolute atomic E-state index is 13.4. The largest absolute Gasteiger partial charge is 0.497 e. The standard InChI is InChI=1S/C25H34ClN3O5S/c1-5-23(25(31)27-6-2)28(18-19-10-7-13-22(16-19)34-3)24(30)14-9-15-29(35(4,32)33)21-12-8-11-20(26)17-21/h7-8,10-13,16-17,23H,5-6,9,14-15,18H2,1-4H3,(H,27,31). The summed E-state index contributed by atoms with van der Waals surface area (Å²) in [4.78, 5) is 27.7. The number of hydrogen-bond donors (Lipinski definition) is 1. The Morgan fingerprint density at radius 1 is 1.11 bits per heavy atom. The molecule has 0 saturated heterocycles. The number of nitrogens with zero attached hydrogens (tertiary/aromatic N) is 2. The number of nitrogens with one attached hydrogen (secondary N) is 1. The first-order chi connectivity index (χ1) is 16.6. The lowest BCUT2D eigenvalue weighted by molar-refractivity contribution is -0.141. The van der Waals surface area contributed by atoms with Crippen LogP contribution in [0.3, 0.4) is 0 Å². The van der Waals surface area contributed by atoms with Crippen LogP contribution in [-0.4, -0.2) is 57.6 Å². The minimum Gasteiger partial charge on any atom is -0.497 e. The number of likely N-dealkylation sites (N-methyl/N-ethyl adjacent to an activating group) is 1. The van der Waals surface area contributed by atoms with Crippen LogP contribution in [0, 0.1) is 0 Å². The summed E-state index contributed by atoms with van der Waals surface area (Å²) < 4.78 is 31.3. The average Bonchev–Trinajstić information content (AvgIpc) is 2.81. The number of carbonyl (C=O) groups is 2. The molecule has 2 aromatic carbocycles. The van der Waals surface area contributed by atoms with Crippen molar-refractivity contribution in [3.05, 3.63) is 59.1 Å². The van der Waals surface area contributed by atoms with Gasteiger partial charge in [0, 0.05) is 31.1 Å². The van der Waals surface area contributed by atoms with E-state index in [9.17, 15) is 18.0 Å². The molecular formula is C25H34ClN3O5S. The van der Waals surface area contributed by atoms with Gasteiger partial charge >= 0.3 is 0 Å². The molecule has 2 aromatic rings. The van der Waals surface area contributed by atoms with E-state index in [-0.39, 0.29) is 37.7 Å². The van der Waals surface area contributed by atoms with Gasteiger partial charge in [-0.1, -0.05) is 36.7 Å². The number of benzene rings is 2. The third kappa shape index (κ3) is 8.43. The lowest BCUT2D eigenvalue weighted by atomic mass is 10.1. The van der Waals surface area contributed by atoms with Gasteiger partial charge in [-0.25, -0.2) is 8.42 Å². The number of halogens is 1. The predicted molar refractivity (Wildman–Crippen MR) is 139 cm³/mol. The van der Waals surface area contributed by atoms with Crippen LogP contribution < -0.4 is 14.4 Å². The van der Waals surface area contributed by atoms with Crippen molar-refractivity contribution in [3.63, 3.8) is 0 Å². The van der Waals surface area contributed by atoms with Gasteiger partial charge < -0.3 is 15.0 Å². The van der Waals surface area contributed by atoms with E-state index in [4.69, 9.17) is 16.3 Å². The van der Waals surface area contributed by atoms with Crippen LogP contribution in [0.15, 0.2) is 48.5 Å². The quantitative estimate of drug-likeness (QED) is 0.430. The first kappa shape index (κ1) is 28.5. The van der Waals surface area contributed by atoms with Gasteiger partial charge in [0.1, 0.15) is 11.8 Å². The first-order valence-electron chi connectivity index (χ1n) is 11.5. The van der Waals surface area contributed by atoms with Crippen molar-refractivity contribution in [1.29, 1.82) is 0 Å². The molecule has 0 aliphatic rings. The van der Waals surface area contributed by atoms with Gasteiger partial charge in [-0.15, -0.1) is 0 Å². The summed E-state index contributed by atoms with van der Waals surface area (Å²) in [6, 6.07) is 13.3. The summed E-state index contributed by atoms with van der Waals surface area (Å²) >= 11 is 6.04. The molecule has 0 aromatic heterocycles. The van der Waals surface area contributed by atoms with Crippen molar-refractivity contribution in [1.82, 2.24) is 10.2 Å². The van der Waals surface area contributed by atoms with Gasteiger partial charge in [0.05, 0.1) is 19.1 Å². The number of anilines is 1. The number of sulfonamides is 1. The molecule has 0 aliphatic heterocycles. The second-order valence-electron chi connectivity index (χ2n) is 8.11. The lowest BCUT2D eigenvalue weighted by Crippen LogP contribution is -2.49. The van der Waals surface area contributed by atoms with E-state index in [1.807, 2.05) is 38.1 Å². The third-order valence-electron chi connectivity index (χ3n) is 5.47. The topological polar surface area (TPSA) is 96.0 Å². The van der Waals surface area contributed by atoms with E-state index < -0.39 is 16.1 Å². The second-order valence-corrected chi connectivity index (χ2v) is 10.5. The van der Waals surface area contributed by atoms with E-state index in [1.54, 1.807) is 36.3 Å². The minimum absolute atomic E-state index is 0.0759. The lowest BCUT2D eigenvalue weighted by Gasteiger charge is -2.31. The van der Waals surface area contributed by atoms with Gasteiger partial charge in [-0.3, -0.25) is 13.9 Å². The number of rotatable bonds is 13. The fraction of sp³-hybridized carbons (Fsp3) is 0.440. The van der Waals surface area contributed by atoms with E-state index in [1.165, 1.54) is 4.31 Å². The van der Waals surface area contributed by atoms with E-state index in [2.05, 4.69) is 5.32 Å². The predicted octanol–water partition coefficient (Wildman–Crippen LogP) is 3.84. The summed E-state index contributed by atoms with van der Waals surface area (Å²) in [5, 5.41) is 3.22. The molecule has 0 aliphatic carbocycles. The zero-order chi connectivity index (χ0) is 26.0. The van der Waals surface area contributed by atoms with Crippen LogP contribution in [0.5, 0.6) is 5.75 Å².